The SMILES string of the molecule is Cn1c2ccc(N(C3=CCC=C3)C3=CCCC(Oc4ccccc4)=C3)cc2c2cc(N(c3cccc(Oc4ccccc4)c3)c3cccc(Oc4ccccc4)c3)ccc21. The van der Waals surface area contributed by atoms with Gasteiger partial charge in [-0.3, -0.25) is 0 Å². The highest BCUT2D eigenvalue weighted by Crippen LogP contribution is 2.43. The van der Waals surface area contributed by atoms with Crippen LogP contribution in [-0.4, -0.2) is 4.57 Å². The average molecular weight is 782 g/mol. The van der Waals surface area contributed by atoms with Crippen LogP contribution in [0.1, 0.15) is 19.3 Å². The number of hydrogen-bond donors (Lipinski definition) is 0. The Bertz CT molecular complexity index is 2860. The van der Waals surface area contributed by atoms with Gasteiger partial charge in [0, 0.05) is 87.6 Å². The normalized spacial score (nSPS) is 13.4. The molecule has 0 saturated heterocycles. The molecule has 0 radical (unpaired) electrons. The summed E-state index contributed by atoms with van der Waals surface area (Å²) in [5.74, 6) is 4.86. The van der Waals surface area contributed by atoms with E-state index in [1.807, 2.05) is 115 Å². The molecule has 0 amide bonds. The van der Waals surface area contributed by atoms with Gasteiger partial charge in [0.25, 0.3) is 0 Å². The van der Waals surface area contributed by atoms with E-state index in [2.05, 4.69) is 112 Å². The summed E-state index contributed by atoms with van der Waals surface area (Å²) in [7, 11) is 2.15. The third-order valence-corrected chi connectivity index (χ3v) is 10.9. The Balaban J connectivity index is 1.08. The Kier molecular flexibility index (Phi) is 9.94. The Morgan fingerprint density at radius 1 is 0.450 bits per heavy atom. The summed E-state index contributed by atoms with van der Waals surface area (Å²) in [6.45, 7) is 0. The number of allylic oxidation sites excluding steroid dienone is 6. The molecule has 2 aliphatic rings. The van der Waals surface area contributed by atoms with Gasteiger partial charge >= 0.3 is 0 Å². The summed E-state index contributed by atoms with van der Waals surface area (Å²) in [5, 5.41) is 2.32. The van der Waals surface area contributed by atoms with Gasteiger partial charge in [-0.15, -0.1) is 0 Å². The molecule has 7 aromatic carbocycles. The average Bonchev–Trinajstić information content (AvgIpc) is 3.91. The maximum Gasteiger partial charge on any atom is 0.129 e. The number of anilines is 4. The summed E-state index contributed by atoms with van der Waals surface area (Å²) < 4.78 is 21.4. The van der Waals surface area contributed by atoms with E-state index in [4.69, 9.17) is 14.2 Å². The molecule has 0 fully saturated rings. The lowest BCUT2D eigenvalue weighted by molar-refractivity contribution is 0.401. The van der Waals surface area contributed by atoms with Crippen LogP contribution in [0.3, 0.4) is 0 Å². The molecule has 60 heavy (non-hydrogen) atoms. The van der Waals surface area contributed by atoms with Crippen LogP contribution < -0.4 is 24.0 Å². The van der Waals surface area contributed by atoms with E-state index in [0.717, 1.165) is 104 Å². The molecular formula is C54H43N3O3. The predicted octanol–water partition coefficient (Wildman–Crippen LogP) is 14.7. The number of ether oxygens (including phenoxy) is 3. The van der Waals surface area contributed by atoms with E-state index in [9.17, 15) is 0 Å². The fourth-order valence-corrected chi connectivity index (χ4v) is 8.13. The number of nitrogens with zero attached hydrogens (tertiary/aromatic N) is 3. The molecule has 1 aromatic heterocycles. The first-order chi connectivity index (χ1) is 29.6. The molecular weight excluding hydrogens is 739 g/mol. The third-order valence-electron chi connectivity index (χ3n) is 10.9. The summed E-state index contributed by atoms with van der Waals surface area (Å²) in [5.41, 5.74) is 8.57. The highest BCUT2D eigenvalue weighted by molar-refractivity contribution is 6.10. The first kappa shape index (κ1) is 36.6. The minimum atomic E-state index is 0.745. The summed E-state index contributed by atoms with van der Waals surface area (Å²) in [6, 6.07) is 59.9. The van der Waals surface area contributed by atoms with Crippen molar-refractivity contribution < 1.29 is 14.2 Å². The minimum Gasteiger partial charge on any atom is -0.462 e. The van der Waals surface area contributed by atoms with Crippen LogP contribution in [0.25, 0.3) is 21.8 Å². The second-order valence-corrected chi connectivity index (χ2v) is 14.9. The molecule has 292 valence electrons. The lowest BCUT2D eigenvalue weighted by atomic mass is 10.1. The zero-order valence-electron chi connectivity index (χ0n) is 33.3. The summed E-state index contributed by atoms with van der Waals surface area (Å²) in [4.78, 5) is 4.63. The topological polar surface area (TPSA) is 39.1 Å². The molecule has 0 unspecified atom stereocenters. The third kappa shape index (κ3) is 7.54. The molecule has 1 heterocycles. The van der Waals surface area contributed by atoms with Gasteiger partial charge in [-0.2, -0.15) is 0 Å². The van der Waals surface area contributed by atoms with E-state index in [1.165, 1.54) is 5.39 Å². The van der Waals surface area contributed by atoms with Gasteiger partial charge in [-0.05, 0) is 116 Å². The van der Waals surface area contributed by atoms with Crippen molar-refractivity contribution in [3.05, 3.63) is 223 Å². The van der Waals surface area contributed by atoms with Gasteiger partial charge in [0.15, 0.2) is 0 Å². The lowest BCUT2D eigenvalue weighted by Crippen LogP contribution is -2.21. The minimum absolute atomic E-state index is 0.745. The molecule has 8 aromatic rings. The molecule has 0 saturated carbocycles. The van der Waals surface area contributed by atoms with Gasteiger partial charge in [0.1, 0.15) is 34.5 Å². The quantitative estimate of drug-likeness (QED) is 0.123. The standard InChI is InChI=1S/C54H43N3O3/c1-55-53-32-30-43(56(39-16-11-12-17-39)40-18-13-27-48(34-40)58-45-21-5-2-6-22-45)37-51(53)52-38-44(31-33-54(52)55)57(41-19-14-28-49(35-41)59-46-23-7-3-8-24-46)42-20-15-29-50(36-42)60-47-25-9-4-10-26-47/h2-11,14-26,28-38H,12-13,27H2,1H3. The molecule has 2 aliphatic carbocycles. The molecule has 0 bridgehead atoms. The largest absolute Gasteiger partial charge is 0.462 e. The molecule has 0 N–H and O–H groups in total. The van der Waals surface area contributed by atoms with Crippen LogP contribution in [0.2, 0.25) is 0 Å². The van der Waals surface area contributed by atoms with E-state index in [1.54, 1.807) is 0 Å². The fourth-order valence-electron chi connectivity index (χ4n) is 8.13. The molecule has 6 heteroatoms. The monoisotopic (exact) mass is 781 g/mol. The van der Waals surface area contributed by atoms with E-state index < -0.39 is 0 Å². The Morgan fingerprint density at radius 3 is 1.48 bits per heavy atom. The number of rotatable bonds is 12. The van der Waals surface area contributed by atoms with E-state index in [0.29, 0.717) is 0 Å². The van der Waals surface area contributed by atoms with Crippen LogP contribution in [-0.2, 0) is 7.05 Å². The first-order valence-electron chi connectivity index (χ1n) is 20.4. The Morgan fingerprint density at radius 2 is 0.950 bits per heavy atom. The Labute approximate surface area is 350 Å². The second kappa shape index (κ2) is 16.3. The fraction of sp³-hybridized carbons (Fsp3) is 0.0741. The number of fused-ring (bicyclic) bond motifs is 3. The molecule has 0 spiro atoms. The highest BCUT2D eigenvalue weighted by atomic mass is 16.5. The second-order valence-electron chi connectivity index (χ2n) is 14.9. The van der Waals surface area contributed by atoms with Crippen molar-refractivity contribution >= 4 is 44.6 Å². The van der Waals surface area contributed by atoms with Gasteiger partial charge in [-0.25, -0.2) is 0 Å². The highest BCUT2D eigenvalue weighted by Gasteiger charge is 2.22. The van der Waals surface area contributed by atoms with Crippen LogP contribution in [0.4, 0.5) is 22.7 Å². The van der Waals surface area contributed by atoms with Crippen molar-refractivity contribution in [3.63, 3.8) is 0 Å². The number of aryl methyl sites for hydroxylation is 1. The number of para-hydroxylation sites is 3. The lowest BCUT2D eigenvalue weighted by Gasteiger charge is -2.29. The zero-order valence-corrected chi connectivity index (χ0v) is 33.3. The van der Waals surface area contributed by atoms with Crippen molar-refractivity contribution in [1.82, 2.24) is 4.57 Å². The molecule has 10 rings (SSSR count). The van der Waals surface area contributed by atoms with E-state index >= 15 is 0 Å². The predicted molar refractivity (Wildman–Crippen MR) is 245 cm³/mol. The number of aromatic nitrogens is 1. The van der Waals surface area contributed by atoms with Gasteiger partial charge in [0.05, 0.1) is 0 Å². The first-order valence-corrected chi connectivity index (χ1v) is 20.4. The van der Waals surface area contributed by atoms with Crippen LogP contribution in [0.5, 0.6) is 28.7 Å². The van der Waals surface area contributed by atoms with Crippen molar-refractivity contribution in [2.75, 3.05) is 9.80 Å². The van der Waals surface area contributed by atoms with Gasteiger partial charge in [0.2, 0.25) is 0 Å². The van der Waals surface area contributed by atoms with Crippen LogP contribution >= 0.6 is 0 Å². The van der Waals surface area contributed by atoms with Crippen molar-refractivity contribution in [2.24, 2.45) is 7.05 Å². The molecule has 6 nitrogen and oxygen atoms in total. The van der Waals surface area contributed by atoms with Crippen molar-refractivity contribution in [2.45, 2.75) is 19.3 Å². The number of benzene rings is 7. The summed E-state index contributed by atoms with van der Waals surface area (Å²) >= 11 is 0. The maximum atomic E-state index is 6.38. The van der Waals surface area contributed by atoms with Crippen molar-refractivity contribution in [3.8, 4) is 28.7 Å². The zero-order chi connectivity index (χ0) is 40.3. The summed E-state index contributed by atoms with van der Waals surface area (Å²) in [6.07, 6.45) is 13.9. The molecule has 0 aliphatic heterocycles. The smallest absolute Gasteiger partial charge is 0.129 e. The maximum absolute atomic E-state index is 6.38. The number of hydrogen-bond acceptors (Lipinski definition) is 5. The molecule has 0 atom stereocenters. The van der Waals surface area contributed by atoms with Crippen LogP contribution in [0.15, 0.2) is 223 Å². The van der Waals surface area contributed by atoms with Gasteiger partial charge in [-0.1, -0.05) is 85.0 Å². The van der Waals surface area contributed by atoms with Crippen LogP contribution in [0, 0.1) is 0 Å². The van der Waals surface area contributed by atoms with Crippen molar-refractivity contribution in [1.29, 1.82) is 0 Å². The van der Waals surface area contributed by atoms with Gasteiger partial charge < -0.3 is 28.6 Å². The van der Waals surface area contributed by atoms with E-state index in [-0.39, 0.29) is 0 Å². The Hall–Kier alpha value is -7.70.